The largest absolute Gasteiger partial charge is 0.387 e. The topological polar surface area (TPSA) is 98.7 Å². The normalized spacial score (nSPS) is 17.7. The molecule has 0 bridgehead atoms. The van der Waals surface area contributed by atoms with Gasteiger partial charge in [-0.05, 0) is 55.7 Å². The Labute approximate surface area is 162 Å². The van der Waals surface area contributed by atoms with Crippen molar-refractivity contribution in [1.82, 2.24) is 5.32 Å². The van der Waals surface area contributed by atoms with Crippen LogP contribution in [0.15, 0.2) is 12.1 Å². The van der Waals surface area contributed by atoms with E-state index in [1.165, 1.54) is 11.8 Å². The van der Waals surface area contributed by atoms with Crippen LogP contribution in [0.5, 0.6) is 0 Å². The van der Waals surface area contributed by atoms with Crippen LogP contribution in [-0.2, 0) is 27.2 Å². The third kappa shape index (κ3) is 4.44. The van der Waals surface area contributed by atoms with E-state index >= 15 is 0 Å². The van der Waals surface area contributed by atoms with Gasteiger partial charge in [0.25, 0.3) is 0 Å². The minimum atomic E-state index is -1.07. The summed E-state index contributed by atoms with van der Waals surface area (Å²) in [6.07, 6.45) is 4.71. The number of anilines is 2. The van der Waals surface area contributed by atoms with E-state index in [0.29, 0.717) is 24.3 Å². The summed E-state index contributed by atoms with van der Waals surface area (Å²) in [5.41, 5.74) is 2.54. The van der Waals surface area contributed by atoms with Crippen molar-refractivity contribution in [1.29, 1.82) is 0 Å². The molecule has 1 aromatic rings. The maximum atomic E-state index is 12.2. The minimum absolute atomic E-state index is 0.00655. The van der Waals surface area contributed by atoms with Crippen molar-refractivity contribution >= 4 is 40.9 Å². The number of benzene rings is 1. The quantitative estimate of drug-likeness (QED) is 0.653. The molecule has 3 amide bonds. The van der Waals surface area contributed by atoms with Gasteiger partial charge in [-0.2, -0.15) is 11.8 Å². The van der Waals surface area contributed by atoms with Gasteiger partial charge in [-0.3, -0.25) is 14.4 Å². The van der Waals surface area contributed by atoms with Crippen LogP contribution in [0, 0.1) is 0 Å². The third-order valence-electron chi connectivity index (χ3n) is 4.82. The second kappa shape index (κ2) is 7.90. The predicted molar refractivity (Wildman–Crippen MR) is 106 cm³/mol. The fourth-order valence-electron chi connectivity index (χ4n) is 3.63. The molecule has 0 unspecified atom stereocenters. The van der Waals surface area contributed by atoms with Crippen LogP contribution < -0.4 is 15.5 Å². The first kappa shape index (κ1) is 19.7. The Bertz CT molecular complexity index is 761. The Kier molecular flexibility index (Phi) is 5.76. The average molecular weight is 391 g/mol. The number of hydrogen-bond donors (Lipinski definition) is 3. The molecule has 146 valence electrons. The smallest absolute Gasteiger partial charge is 0.313 e. The highest BCUT2D eigenvalue weighted by atomic mass is 32.2. The van der Waals surface area contributed by atoms with Crippen molar-refractivity contribution in [3.05, 3.63) is 23.3 Å². The zero-order valence-corrected chi connectivity index (χ0v) is 16.4. The maximum Gasteiger partial charge on any atom is 0.313 e. The van der Waals surface area contributed by atoms with Gasteiger partial charge in [0.2, 0.25) is 5.91 Å². The van der Waals surface area contributed by atoms with Crippen LogP contribution in [0.25, 0.3) is 0 Å². The highest BCUT2D eigenvalue weighted by Gasteiger charge is 2.30. The Morgan fingerprint density at radius 1 is 1.22 bits per heavy atom. The number of nitrogens with zero attached hydrogens (tertiary/aromatic N) is 1. The fourth-order valence-corrected chi connectivity index (χ4v) is 4.35. The number of thioether (sulfide) groups is 1. The summed E-state index contributed by atoms with van der Waals surface area (Å²) in [5, 5.41) is 15.2. The van der Waals surface area contributed by atoms with Gasteiger partial charge in [0.1, 0.15) is 0 Å². The molecular formula is C19H25N3O4S. The molecule has 3 N–H and O–H groups in total. The van der Waals surface area contributed by atoms with Gasteiger partial charge < -0.3 is 20.6 Å². The van der Waals surface area contributed by atoms with Crippen molar-refractivity contribution in [3.63, 3.8) is 0 Å². The number of amides is 3. The lowest BCUT2D eigenvalue weighted by atomic mass is 9.91. The SMILES string of the molecule is CSC[C@](C)(O)CNC(=O)C(=O)Nc1cc2c3c(c1)CCC(=O)N3CCC2. The van der Waals surface area contributed by atoms with Gasteiger partial charge in [0.05, 0.1) is 11.3 Å². The number of hydrogen-bond acceptors (Lipinski definition) is 5. The Morgan fingerprint density at radius 2 is 1.93 bits per heavy atom. The highest BCUT2D eigenvalue weighted by molar-refractivity contribution is 7.98. The maximum absolute atomic E-state index is 12.2. The summed E-state index contributed by atoms with van der Waals surface area (Å²) < 4.78 is 0. The summed E-state index contributed by atoms with van der Waals surface area (Å²) in [6.45, 7) is 2.36. The first-order valence-electron chi connectivity index (χ1n) is 9.07. The zero-order valence-electron chi connectivity index (χ0n) is 15.6. The summed E-state index contributed by atoms with van der Waals surface area (Å²) in [6, 6.07) is 3.69. The molecule has 2 aliphatic rings. The van der Waals surface area contributed by atoms with Crippen LogP contribution in [0.3, 0.4) is 0 Å². The van der Waals surface area contributed by atoms with Crippen LogP contribution in [0.1, 0.15) is 30.9 Å². The molecule has 1 atom stereocenters. The molecule has 0 spiro atoms. The number of aryl methyl sites for hydroxylation is 2. The predicted octanol–water partition coefficient (Wildman–Crippen LogP) is 1.08. The van der Waals surface area contributed by atoms with E-state index in [1.54, 1.807) is 6.92 Å². The van der Waals surface area contributed by atoms with Gasteiger partial charge >= 0.3 is 11.8 Å². The lowest BCUT2D eigenvalue weighted by Gasteiger charge is -2.35. The first-order valence-corrected chi connectivity index (χ1v) is 10.5. The summed E-state index contributed by atoms with van der Waals surface area (Å²) in [5.74, 6) is -0.934. The van der Waals surface area contributed by atoms with Gasteiger partial charge in [-0.1, -0.05) is 0 Å². The molecule has 0 aliphatic carbocycles. The molecule has 7 nitrogen and oxygen atoms in total. The number of aliphatic hydroxyl groups is 1. The Hall–Kier alpha value is -2.06. The molecule has 8 heteroatoms. The van der Waals surface area contributed by atoms with E-state index in [9.17, 15) is 19.5 Å². The van der Waals surface area contributed by atoms with Gasteiger partial charge in [-0.15, -0.1) is 0 Å². The monoisotopic (exact) mass is 391 g/mol. The van der Waals surface area contributed by atoms with Crippen molar-refractivity contribution in [2.75, 3.05) is 35.3 Å². The minimum Gasteiger partial charge on any atom is -0.387 e. The van der Waals surface area contributed by atoms with E-state index < -0.39 is 17.4 Å². The number of carbonyl (C=O) groups excluding carboxylic acids is 3. The second-order valence-electron chi connectivity index (χ2n) is 7.36. The summed E-state index contributed by atoms with van der Waals surface area (Å²) >= 11 is 1.46. The van der Waals surface area contributed by atoms with Crippen LogP contribution in [0.2, 0.25) is 0 Å². The molecule has 27 heavy (non-hydrogen) atoms. The van der Waals surface area contributed by atoms with Crippen LogP contribution >= 0.6 is 11.8 Å². The van der Waals surface area contributed by atoms with E-state index in [2.05, 4.69) is 10.6 Å². The van der Waals surface area contributed by atoms with Crippen molar-refractivity contribution in [2.24, 2.45) is 0 Å². The highest BCUT2D eigenvalue weighted by Crippen LogP contribution is 2.37. The van der Waals surface area contributed by atoms with Crippen LogP contribution in [-0.4, -0.2) is 53.5 Å². The van der Waals surface area contributed by atoms with Gasteiger partial charge in [0.15, 0.2) is 0 Å². The van der Waals surface area contributed by atoms with Gasteiger partial charge in [-0.25, -0.2) is 0 Å². The molecule has 1 aromatic carbocycles. The Morgan fingerprint density at radius 3 is 2.63 bits per heavy atom. The first-order chi connectivity index (χ1) is 12.8. The summed E-state index contributed by atoms with van der Waals surface area (Å²) in [7, 11) is 0. The number of nitrogens with one attached hydrogen (secondary N) is 2. The fraction of sp³-hybridized carbons (Fsp3) is 0.526. The van der Waals surface area contributed by atoms with Crippen molar-refractivity contribution in [3.8, 4) is 0 Å². The summed E-state index contributed by atoms with van der Waals surface area (Å²) in [4.78, 5) is 38.2. The molecule has 0 saturated heterocycles. The van der Waals surface area contributed by atoms with E-state index in [0.717, 1.165) is 36.2 Å². The van der Waals surface area contributed by atoms with E-state index in [1.807, 2.05) is 23.3 Å². The molecule has 0 radical (unpaired) electrons. The molecule has 2 heterocycles. The molecule has 3 rings (SSSR count). The Balaban J connectivity index is 1.68. The standard InChI is InChI=1S/C19H25N3O4S/c1-19(26,11-27-2)10-20-17(24)18(25)21-14-8-12-4-3-7-22-15(23)6-5-13(9-14)16(12)22/h8-9,26H,3-7,10-11H2,1-2H3,(H,20,24)(H,21,25)/t19-/m1/s1. The molecular weight excluding hydrogens is 366 g/mol. The lowest BCUT2D eigenvalue weighted by Crippen LogP contribution is -2.46. The van der Waals surface area contributed by atoms with Crippen molar-refractivity contribution in [2.45, 2.75) is 38.2 Å². The molecule has 2 aliphatic heterocycles. The number of rotatable bonds is 5. The number of carbonyl (C=O) groups is 3. The lowest BCUT2D eigenvalue weighted by molar-refractivity contribution is -0.136. The average Bonchev–Trinajstić information content (AvgIpc) is 2.62. The zero-order chi connectivity index (χ0) is 19.6. The third-order valence-corrected chi connectivity index (χ3v) is 5.73. The van der Waals surface area contributed by atoms with Crippen LogP contribution in [0.4, 0.5) is 11.4 Å². The van der Waals surface area contributed by atoms with Crippen molar-refractivity contribution < 1.29 is 19.5 Å². The van der Waals surface area contributed by atoms with E-state index in [4.69, 9.17) is 0 Å². The van der Waals surface area contributed by atoms with Gasteiger partial charge in [0, 0.05) is 31.0 Å². The molecule has 0 aromatic heterocycles. The molecule has 0 saturated carbocycles. The second-order valence-corrected chi connectivity index (χ2v) is 8.22. The van der Waals surface area contributed by atoms with E-state index in [-0.39, 0.29) is 12.5 Å². The molecule has 0 fully saturated rings.